The Morgan fingerprint density at radius 2 is 1.70 bits per heavy atom. The van der Waals surface area contributed by atoms with Crippen LogP contribution in [-0.2, 0) is 21.2 Å². The van der Waals surface area contributed by atoms with Crippen molar-refractivity contribution in [2.24, 2.45) is 0 Å². The van der Waals surface area contributed by atoms with Gasteiger partial charge in [-0.05, 0) is 56.9 Å². The fourth-order valence-electron chi connectivity index (χ4n) is 3.09. The van der Waals surface area contributed by atoms with Gasteiger partial charge in [-0.1, -0.05) is 42.0 Å². The first-order valence-electron chi connectivity index (χ1n) is 9.08. The summed E-state index contributed by atoms with van der Waals surface area (Å²) in [6.45, 7) is 6.06. The Kier molecular flexibility index (Phi) is 7.02. The lowest BCUT2D eigenvalue weighted by atomic mass is 10.1. The Morgan fingerprint density at radius 3 is 2.30 bits per heavy atom. The number of amides is 1. The van der Waals surface area contributed by atoms with Crippen LogP contribution in [0.15, 0.2) is 48.5 Å². The highest BCUT2D eigenvalue weighted by Gasteiger charge is 2.28. The Bertz CT molecular complexity index is 894. The zero-order chi connectivity index (χ0) is 20.0. The standard InChI is InChI=1S/C21H28N2O3S/c1-16-8-5-10-19(14-16)11-7-13-22-21(24)18(3)23(27(4,25)26)20-12-6-9-17(2)15-20/h5-6,8-10,12,14-15,18H,7,11,13H2,1-4H3,(H,22,24)/t18-/m0/s1. The second kappa shape index (κ2) is 9.04. The Morgan fingerprint density at radius 1 is 1.07 bits per heavy atom. The maximum absolute atomic E-state index is 12.5. The fourth-order valence-corrected chi connectivity index (χ4v) is 4.26. The molecule has 0 aromatic heterocycles. The smallest absolute Gasteiger partial charge is 0.243 e. The second-order valence-corrected chi connectivity index (χ2v) is 8.82. The number of nitrogens with one attached hydrogen (secondary N) is 1. The van der Waals surface area contributed by atoms with E-state index in [4.69, 9.17) is 0 Å². The molecule has 0 bridgehead atoms. The van der Waals surface area contributed by atoms with E-state index in [1.54, 1.807) is 25.1 Å². The van der Waals surface area contributed by atoms with Crippen LogP contribution >= 0.6 is 0 Å². The van der Waals surface area contributed by atoms with Gasteiger partial charge in [-0.3, -0.25) is 9.10 Å². The first-order chi connectivity index (χ1) is 12.7. The van der Waals surface area contributed by atoms with Crippen LogP contribution in [0.25, 0.3) is 0 Å². The molecule has 2 aromatic rings. The molecule has 5 nitrogen and oxygen atoms in total. The summed E-state index contributed by atoms with van der Waals surface area (Å²) in [6.07, 6.45) is 2.78. The van der Waals surface area contributed by atoms with E-state index >= 15 is 0 Å². The third kappa shape index (κ3) is 6.10. The normalized spacial score (nSPS) is 12.4. The zero-order valence-electron chi connectivity index (χ0n) is 16.4. The van der Waals surface area contributed by atoms with Crippen molar-refractivity contribution in [1.82, 2.24) is 5.32 Å². The van der Waals surface area contributed by atoms with Gasteiger partial charge in [-0.25, -0.2) is 8.42 Å². The number of carbonyl (C=O) groups is 1. The monoisotopic (exact) mass is 388 g/mol. The van der Waals surface area contributed by atoms with Gasteiger partial charge in [0.2, 0.25) is 15.9 Å². The number of hydrogen-bond acceptors (Lipinski definition) is 3. The first-order valence-corrected chi connectivity index (χ1v) is 10.9. The molecule has 0 radical (unpaired) electrons. The van der Waals surface area contributed by atoms with E-state index in [9.17, 15) is 13.2 Å². The van der Waals surface area contributed by atoms with Gasteiger partial charge in [-0.15, -0.1) is 0 Å². The Balaban J connectivity index is 1.98. The van der Waals surface area contributed by atoms with Crippen molar-refractivity contribution in [3.63, 3.8) is 0 Å². The van der Waals surface area contributed by atoms with Crippen molar-refractivity contribution in [1.29, 1.82) is 0 Å². The van der Waals surface area contributed by atoms with Crippen molar-refractivity contribution in [2.45, 2.75) is 39.7 Å². The van der Waals surface area contributed by atoms with Crippen molar-refractivity contribution in [3.8, 4) is 0 Å². The molecule has 0 heterocycles. The highest BCUT2D eigenvalue weighted by atomic mass is 32.2. The Hall–Kier alpha value is -2.34. The molecule has 2 aromatic carbocycles. The summed E-state index contributed by atoms with van der Waals surface area (Å²) in [5, 5.41) is 2.86. The van der Waals surface area contributed by atoms with E-state index in [1.807, 2.05) is 19.1 Å². The lowest BCUT2D eigenvalue weighted by Crippen LogP contribution is -2.48. The highest BCUT2D eigenvalue weighted by molar-refractivity contribution is 7.92. The summed E-state index contributed by atoms with van der Waals surface area (Å²) < 4.78 is 25.7. The van der Waals surface area contributed by atoms with Crippen LogP contribution in [0.3, 0.4) is 0 Å². The summed E-state index contributed by atoms with van der Waals surface area (Å²) in [7, 11) is -3.58. The van der Waals surface area contributed by atoms with Gasteiger partial charge < -0.3 is 5.32 Å². The average Bonchev–Trinajstić information content (AvgIpc) is 2.57. The van der Waals surface area contributed by atoms with Gasteiger partial charge in [-0.2, -0.15) is 0 Å². The van der Waals surface area contributed by atoms with Crippen LogP contribution in [0.5, 0.6) is 0 Å². The molecule has 0 saturated heterocycles. The molecule has 0 aliphatic rings. The van der Waals surface area contributed by atoms with Gasteiger partial charge in [0, 0.05) is 6.54 Å². The van der Waals surface area contributed by atoms with Crippen LogP contribution in [-0.4, -0.2) is 33.2 Å². The summed E-state index contributed by atoms with van der Waals surface area (Å²) in [4.78, 5) is 12.5. The van der Waals surface area contributed by atoms with Crippen molar-refractivity contribution in [3.05, 3.63) is 65.2 Å². The minimum absolute atomic E-state index is 0.300. The molecule has 1 N–H and O–H groups in total. The zero-order valence-corrected chi connectivity index (χ0v) is 17.2. The summed E-state index contributed by atoms with van der Waals surface area (Å²) >= 11 is 0. The summed E-state index contributed by atoms with van der Waals surface area (Å²) in [5.74, 6) is -0.300. The van der Waals surface area contributed by atoms with E-state index < -0.39 is 16.1 Å². The predicted molar refractivity (Wildman–Crippen MR) is 110 cm³/mol. The molecule has 1 amide bonds. The van der Waals surface area contributed by atoms with Gasteiger partial charge in [0.15, 0.2) is 0 Å². The topological polar surface area (TPSA) is 66.5 Å². The SMILES string of the molecule is Cc1cccc(CCCNC(=O)[C@H](C)N(c2cccc(C)c2)S(C)(=O)=O)c1. The van der Waals surface area contributed by atoms with Crippen molar-refractivity contribution >= 4 is 21.6 Å². The Labute approximate surface area is 162 Å². The number of nitrogens with zero attached hydrogens (tertiary/aromatic N) is 1. The lowest BCUT2D eigenvalue weighted by molar-refractivity contribution is -0.121. The van der Waals surface area contributed by atoms with Crippen LogP contribution in [0.2, 0.25) is 0 Å². The number of hydrogen-bond donors (Lipinski definition) is 1. The van der Waals surface area contributed by atoms with Gasteiger partial charge >= 0.3 is 0 Å². The van der Waals surface area contributed by atoms with E-state index in [2.05, 4.69) is 30.4 Å². The second-order valence-electron chi connectivity index (χ2n) is 6.96. The molecule has 146 valence electrons. The number of benzene rings is 2. The molecular formula is C21H28N2O3S. The third-order valence-electron chi connectivity index (χ3n) is 4.37. The molecule has 0 saturated carbocycles. The van der Waals surface area contributed by atoms with Crippen LogP contribution < -0.4 is 9.62 Å². The van der Waals surface area contributed by atoms with Gasteiger partial charge in [0.05, 0.1) is 11.9 Å². The summed E-state index contributed by atoms with van der Waals surface area (Å²) in [6, 6.07) is 14.6. The van der Waals surface area contributed by atoms with Crippen molar-refractivity contribution < 1.29 is 13.2 Å². The minimum atomic E-state index is -3.58. The van der Waals surface area contributed by atoms with Gasteiger partial charge in [0.25, 0.3) is 0 Å². The van der Waals surface area contributed by atoms with E-state index in [0.29, 0.717) is 12.2 Å². The average molecular weight is 389 g/mol. The molecule has 0 fully saturated rings. The maximum Gasteiger partial charge on any atom is 0.243 e. The maximum atomic E-state index is 12.5. The lowest BCUT2D eigenvalue weighted by Gasteiger charge is -2.28. The molecule has 0 aliphatic carbocycles. The summed E-state index contributed by atoms with van der Waals surface area (Å²) in [5.41, 5.74) is 3.88. The molecule has 6 heteroatoms. The van der Waals surface area contributed by atoms with Crippen LogP contribution in [0, 0.1) is 13.8 Å². The molecule has 0 aliphatic heterocycles. The van der Waals surface area contributed by atoms with Crippen LogP contribution in [0.1, 0.15) is 30.0 Å². The number of carbonyl (C=O) groups excluding carboxylic acids is 1. The molecule has 2 rings (SSSR count). The van der Waals surface area contributed by atoms with E-state index in [0.717, 1.165) is 24.7 Å². The fraction of sp³-hybridized carbons (Fsp3) is 0.381. The van der Waals surface area contributed by atoms with Crippen LogP contribution in [0.4, 0.5) is 5.69 Å². The molecule has 1 atom stereocenters. The third-order valence-corrected chi connectivity index (χ3v) is 5.61. The molecule has 0 spiro atoms. The molecule has 27 heavy (non-hydrogen) atoms. The van der Waals surface area contributed by atoms with E-state index in [1.165, 1.54) is 15.4 Å². The van der Waals surface area contributed by atoms with Gasteiger partial charge in [0.1, 0.15) is 6.04 Å². The number of aryl methyl sites for hydroxylation is 3. The molecule has 0 unspecified atom stereocenters. The number of sulfonamides is 1. The number of rotatable bonds is 8. The molecular weight excluding hydrogens is 360 g/mol. The van der Waals surface area contributed by atoms with E-state index in [-0.39, 0.29) is 5.91 Å². The van der Waals surface area contributed by atoms with Crippen molar-refractivity contribution in [2.75, 3.05) is 17.1 Å². The largest absolute Gasteiger partial charge is 0.354 e. The first kappa shape index (κ1) is 21.0. The highest BCUT2D eigenvalue weighted by Crippen LogP contribution is 2.21. The number of anilines is 1. The minimum Gasteiger partial charge on any atom is -0.354 e. The quantitative estimate of drug-likeness (QED) is 0.706. The predicted octanol–water partition coefficient (Wildman–Crippen LogP) is 3.21.